The van der Waals surface area contributed by atoms with Crippen LogP contribution in [0.15, 0.2) is 34.9 Å². The number of amides is 3. The van der Waals surface area contributed by atoms with Crippen molar-refractivity contribution in [2.75, 3.05) is 25.0 Å². The van der Waals surface area contributed by atoms with Crippen molar-refractivity contribution in [3.05, 3.63) is 46.1 Å². The average Bonchev–Trinajstić information content (AvgIpc) is 3.41. The monoisotopic (exact) mass is 487 g/mol. The standard InChI is InChI=1S/C22H26BrN5O3/c1-27-20(26-21(30)15-4-6-18(23)7-5-15)17(12-25-27)10-19(29)24-11-14-8-9-28(13-14)22(31)16-2-3-16/h4-7,12,14,16H,2-3,8-11,13H2,1H3,(H,24,29)(H,26,30)/t14-/m0/s1. The molecule has 1 aliphatic carbocycles. The van der Waals surface area contributed by atoms with Gasteiger partial charge in [-0.05, 0) is 49.4 Å². The molecule has 1 aromatic carbocycles. The number of aryl methyl sites for hydroxylation is 1. The van der Waals surface area contributed by atoms with Crippen LogP contribution in [0, 0.1) is 11.8 Å². The second kappa shape index (κ2) is 9.21. The largest absolute Gasteiger partial charge is 0.355 e. The lowest BCUT2D eigenvalue weighted by molar-refractivity contribution is -0.131. The molecule has 8 nitrogen and oxygen atoms in total. The Bertz CT molecular complexity index is 984. The Labute approximate surface area is 189 Å². The average molecular weight is 488 g/mol. The van der Waals surface area contributed by atoms with Gasteiger partial charge in [-0.2, -0.15) is 5.10 Å². The third kappa shape index (κ3) is 5.33. The van der Waals surface area contributed by atoms with Crippen LogP contribution in [0.3, 0.4) is 0 Å². The van der Waals surface area contributed by atoms with Crippen LogP contribution in [0.4, 0.5) is 5.82 Å². The number of hydrogen-bond acceptors (Lipinski definition) is 4. The predicted octanol–water partition coefficient (Wildman–Crippen LogP) is 2.35. The van der Waals surface area contributed by atoms with E-state index in [4.69, 9.17) is 0 Å². The van der Waals surface area contributed by atoms with Crippen LogP contribution in [-0.4, -0.2) is 52.0 Å². The molecular weight excluding hydrogens is 462 g/mol. The van der Waals surface area contributed by atoms with E-state index in [0.717, 1.165) is 36.8 Å². The van der Waals surface area contributed by atoms with Crippen LogP contribution in [-0.2, 0) is 23.1 Å². The number of rotatable bonds is 7. The number of carbonyl (C=O) groups is 3. The SMILES string of the molecule is Cn1ncc(CC(=O)NC[C@@H]2CCN(C(=O)C3CC3)C2)c1NC(=O)c1ccc(Br)cc1. The number of nitrogens with one attached hydrogen (secondary N) is 2. The minimum absolute atomic E-state index is 0.126. The molecule has 1 aliphatic heterocycles. The number of carbonyl (C=O) groups excluding carboxylic acids is 3. The van der Waals surface area contributed by atoms with Gasteiger partial charge in [0.1, 0.15) is 5.82 Å². The third-order valence-corrected chi connectivity index (χ3v) is 6.34. The first kappa shape index (κ1) is 21.5. The molecule has 3 amide bonds. The van der Waals surface area contributed by atoms with Crippen molar-refractivity contribution in [2.24, 2.45) is 18.9 Å². The molecule has 1 aromatic heterocycles. The predicted molar refractivity (Wildman–Crippen MR) is 119 cm³/mol. The van der Waals surface area contributed by atoms with Gasteiger partial charge in [0, 0.05) is 48.2 Å². The second-order valence-corrected chi connectivity index (χ2v) is 9.21. The van der Waals surface area contributed by atoms with Gasteiger partial charge >= 0.3 is 0 Å². The number of likely N-dealkylation sites (tertiary alicyclic amines) is 1. The summed E-state index contributed by atoms with van der Waals surface area (Å²) in [5.74, 6) is 0.922. The first-order chi connectivity index (χ1) is 14.9. The highest BCUT2D eigenvalue weighted by molar-refractivity contribution is 9.10. The summed E-state index contributed by atoms with van der Waals surface area (Å²) in [4.78, 5) is 39.2. The Hall–Kier alpha value is -2.68. The first-order valence-corrected chi connectivity index (χ1v) is 11.3. The van der Waals surface area contributed by atoms with E-state index in [2.05, 4.69) is 31.7 Å². The number of benzene rings is 1. The van der Waals surface area contributed by atoms with E-state index in [-0.39, 0.29) is 36.0 Å². The Morgan fingerprint density at radius 2 is 1.90 bits per heavy atom. The number of aromatic nitrogens is 2. The molecular formula is C22H26BrN5O3. The molecule has 164 valence electrons. The molecule has 2 fully saturated rings. The Morgan fingerprint density at radius 3 is 2.61 bits per heavy atom. The molecule has 0 unspecified atom stereocenters. The molecule has 0 radical (unpaired) electrons. The highest BCUT2D eigenvalue weighted by Gasteiger charge is 2.36. The molecule has 0 bridgehead atoms. The van der Waals surface area contributed by atoms with Crippen molar-refractivity contribution in [1.29, 1.82) is 0 Å². The van der Waals surface area contributed by atoms with Crippen molar-refractivity contribution >= 4 is 39.5 Å². The summed E-state index contributed by atoms with van der Waals surface area (Å²) < 4.78 is 2.45. The van der Waals surface area contributed by atoms with Gasteiger partial charge in [0.25, 0.3) is 5.91 Å². The van der Waals surface area contributed by atoms with Crippen LogP contribution in [0.1, 0.15) is 35.2 Å². The van der Waals surface area contributed by atoms with Gasteiger partial charge in [0.2, 0.25) is 11.8 Å². The van der Waals surface area contributed by atoms with Crippen LogP contribution in [0.5, 0.6) is 0 Å². The van der Waals surface area contributed by atoms with Gasteiger partial charge in [-0.3, -0.25) is 19.1 Å². The highest BCUT2D eigenvalue weighted by Crippen LogP contribution is 2.32. The summed E-state index contributed by atoms with van der Waals surface area (Å²) in [5, 5.41) is 10.0. The smallest absolute Gasteiger partial charge is 0.256 e. The van der Waals surface area contributed by atoms with Gasteiger partial charge in [0.15, 0.2) is 0 Å². The van der Waals surface area contributed by atoms with Crippen molar-refractivity contribution in [1.82, 2.24) is 20.0 Å². The van der Waals surface area contributed by atoms with Crippen molar-refractivity contribution in [3.63, 3.8) is 0 Å². The Morgan fingerprint density at radius 1 is 1.16 bits per heavy atom. The lowest BCUT2D eigenvalue weighted by atomic mass is 10.1. The van der Waals surface area contributed by atoms with Gasteiger partial charge in [0.05, 0.1) is 12.6 Å². The Balaban J connectivity index is 1.29. The van der Waals surface area contributed by atoms with E-state index >= 15 is 0 Å². The zero-order chi connectivity index (χ0) is 22.0. The minimum Gasteiger partial charge on any atom is -0.355 e. The third-order valence-electron chi connectivity index (χ3n) is 5.82. The van der Waals surface area contributed by atoms with E-state index in [1.165, 1.54) is 0 Å². The number of nitrogens with zero attached hydrogens (tertiary/aromatic N) is 3. The molecule has 1 atom stereocenters. The molecule has 0 spiro atoms. The summed E-state index contributed by atoms with van der Waals surface area (Å²) >= 11 is 3.35. The quantitative estimate of drug-likeness (QED) is 0.626. The van der Waals surface area contributed by atoms with Crippen molar-refractivity contribution < 1.29 is 14.4 Å². The highest BCUT2D eigenvalue weighted by atomic mass is 79.9. The van der Waals surface area contributed by atoms with Crippen LogP contribution in [0.25, 0.3) is 0 Å². The fourth-order valence-corrected chi connectivity index (χ4v) is 4.10. The minimum atomic E-state index is -0.260. The van der Waals surface area contributed by atoms with Crippen molar-refractivity contribution in [2.45, 2.75) is 25.7 Å². The number of halogens is 1. The zero-order valence-corrected chi connectivity index (χ0v) is 19.0. The maximum atomic E-state index is 12.6. The van der Waals surface area contributed by atoms with Crippen LogP contribution < -0.4 is 10.6 Å². The fourth-order valence-electron chi connectivity index (χ4n) is 3.84. The molecule has 1 saturated heterocycles. The molecule has 1 saturated carbocycles. The maximum Gasteiger partial charge on any atom is 0.256 e. The van der Waals surface area contributed by atoms with Crippen molar-refractivity contribution in [3.8, 4) is 0 Å². The topological polar surface area (TPSA) is 96.3 Å². The first-order valence-electron chi connectivity index (χ1n) is 10.5. The zero-order valence-electron chi connectivity index (χ0n) is 17.4. The van der Waals surface area contributed by atoms with Gasteiger partial charge in [-0.25, -0.2) is 0 Å². The normalized spacial score (nSPS) is 18.1. The van der Waals surface area contributed by atoms with Crippen LogP contribution in [0.2, 0.25) is 0 Å². The van der Waals surface area contributed by atoms with Gasteiger partial charge in [-0.1, -0.05) is 15.9 Å². The second-order valence-electron chi connectivity index (χ2n) is 8.30. The maximum absolute atomic E-state index is 12.6. The van der Waals surface area contributed by atoms with Crippen LogP contribution >= 0.6 is 15.9 Å². The van der Waals surface area contributed by atoms with E-state index in [1.807, 2.05) is 4.90 Å². The summed E-state index contributed by atoms with van der Waals surface area (Å²) in [6, 6.07) is 7.05. The van der Waals surface area contributed by atoms with E-state index in [0.29, 0.717) is 23.5 Å². The lowest BCUT2D eigenvalue weighted by Crippen LogP contribution is -2.34. The summed E-state index contributed by atoms with van der Waals surface area (Å²) in [6.07, 6.45) is 4.68. The fraction of sp³-hybridized carbons (Fsp3) is 0.455. The van der Waals surface area contributed by atoms with E-state index in [1.54, 1.807) is 42.2 Å². The van der Waals surface area contributed by atoms with Gasteiger partial charge in [-0.15, -0.1) is 0 Å². The molecule has 9 heteroatoms. The number of anilines is 1. The van der Waals surface area contributed by atoms with Gasteiger partial charge < -0.3 is 15.5 Å². The molecule has 2 aromatic rings. The van der Waals surface area contributed by atoms with E-state index in [9.17, 15) is 14.4 Å². The molecule has 2 N–H and O–H groups in total. The summed E-state index contributed by atoms with van der Waals surface area (Å²) in [5.41, 5.74) is 1.17. The molecule has 2 aliphatic rings. The molecule has 2 heterocycles. The lowest BCUT2D eigenvalue weighted by Gasteiger charge is -2.16. The number of hydrogen-bond donors (Lipinski definition) is 2. The summed E-state index contributed by atoms with van der Waals surface area (Å²) in [6.45, 7) is 2.05. The summed E-state index contributed by atoms with van der Waals surface area (Å²) in [7, 11) is 1.72. The van der Waals surface area contributed by atoms with E-state index < -0.39 is 0 Å². The molecule has 31 heavy (non-hydrogen) atoms. The Kier molecular flexibility index (Phi) is 6.41. The molecule has 4 rings (SSSR count).